The van der Waals surface area contributed by atoms with Gasteiger partial charge in [0.05, 0.1) is 19.0 Å². The summed E-state index contributed by atoms with van der Waals surface area (Å²) in [6.45, 7) is 2.88. The van der Waals surface area contributed by atoms with E-state index in [0.717, 1.165) is 6.42 Å². The molecule has 3 N–H and O–H groups in total. The summed E-state index contributed by atoms with van der Waals surface area (Å²) in [6, 6.07) is 0. The van der Waals surface area contributed by atoms with Crippen LogP contribution < -0.4 is 10.5 Å². The third-order valence-corrected chi connectivity index (χ3v) is 2.65. The highest BCUT2D eigenvalue weighted by Gasteiger charge is 2.00. The molecular formula is C13H22N4O. The zero-order valence-electron chi connectivity index (χ0n) is 11.0. The van der Waals surface area contributed by atoms with Crippen molar-refractivity contribution < 1.29 is 4.74 Å². The van der Waals surface area contributed by atoms with Crippen LogP contribution in [0.1, 0.15) is 51.1 Å². The first-order valence-corrected chi connectivity index (χ1v) is 6.53. The Morgan fingerprint density at radius 2 is 1.89 bits per heavy atom. The van der Waals surface area contributed by atoms with E-state index in [-0.39, 0.29) is 5.84 Å². The third kappa shape index (κ3) is 5.61. The number of amidine groups is 1. The normalized spacial score (nSPS) is 10.3. The lowest BCUT2D eigenvalue weighted by molar-refractivity contribution is 0.292. The second-order valence-corrected chi connectivity index (χ2v) is 4.27. The molecule has 1 rings (SSSR count). The van der Waals surface area contributed by atoms with Crippen molar-refractivity contribution in [1.82, 2.24) is 9.97 Å². The topological polar surface area (TPSA) is 84.9 Å². The molecule has 0 aromatic carbocycles. The minimum Gasteiger partial charge on any atom is -0.477 e. The van der Waals surface area contributed by atoms with E-state index in [1.165, 1.54) is 44.5 Å². The van der Waals surface area contributed by atoms with Gasteiger partial charge in [-0.15, -0.1) is 0 Å². The molecule has 0 unspecified atom stereocenters. The third-order valence-electron chi connectivity index (χ3n) is 2.65. The number of aromatic nitrogens is 2. The van der Waals surface area contributed by atoms with Crippen molar-refractivity contribution in [3.05, 3.63) is 18.1 Å². The maximum Gasteiger partial charge on any atom is 0.232 e. The van der Waals surface area contributed by atoms with Crippen LogP contribution in [0.5, 0.6) is 5.88 Å². The summed E-state index contributed by atoms with van der Waals surface area (Å²) in [5.74, 6) is 0.415. The molecule has 0 amide bonds. The van der Waals surface area contributed by atoms with E-state index in [9.17, 15) is 0 Å². The molecule has 18 heavy (non-hydrogen) atoms. The Bertz CT molecular complexity index is 351. The van der Waals surface area contributed by atoms with Crippen molar-refractivity contribution in [2.45, 2.75) is 45.4 Å². The van der Waals surface area contributed by atoms with Crippen LogP contribution in [-0.2, 0) is 0 Å². The van der Waals surface area contributed by atoms with Crippen LogP contribution in [0.15, 0.2) is 12.4 Å². The fourth-order valence-electron chi connectivity index (χ4n) is 1.59. The Morgan fingerprint density at radius 3 is 2.50 bits per heavy atom. The van der Waals surface area contributed by atoms with Gasteiger partial charge < -0.3 is 10.5 Å². The Hall–Kier alpha value is -1.65. The largest absolute Gasteiger partial charge is 0.477 e. The van der Waals surface area contributed by atoms with Crippen molar-refractivity contribution in [2.75, 3.05) is 6.61 Å². The highest BCUT2D eigenvalue weighted by Crippen LogP contribution is 2.07. The predicted molar refractivity (Wildman–Crippen MR) is 71.9 cm³/mol. The first-order valence-electron chi connectivity index (χ1n) is 6.53. The van der Waals surface area contributed by atoms with E-state index < -0.39 is 0 Å². The van der Waals surface area contributed by atoms with Crippen LogP contribution >= 0.6 is 0 Å². The standard InChI is InChI=1S/C13H22N4O/c1-2-3-4-5-6-7-8-18-12-10-16-11(9-17-12)13(14)15/h9-10H,2-8H2,1H3,(H3,14,15). The molecule has 0 bridgehead atoms. The zero-order chi connectivity index (χ0) is 13.2. The van der Waals surface area contributed by atoms with Crippen LogP contribution in [0.3, 0.4) is 0 Å². The van der Waals surface area contributed by atoms with Gasteiger partial charge in [-0.25, -0.2) is 9.97 Å². The van der Waals surface area contributed by atoms with Crippen molar-refractivity contribution in [1.29, 1.82) is 5.41 Å². The minimum atomic E-state index is -0.0787. The van der Waals surface area contributed by atoms with Crippen molar-refractivity contribution in [2.24, 2.45) is 5.73 Å². The average molecular weight is 250 g/mol. The smallest absolute Gasteiger partial charge is 0.232 e. The predicted octanol–water partition coefficient (Wildman–Crippen LogP) is 2.50. The van der Waals surface area contributed by atoms with Crippen LogP contribution in [0.25, 0.3) is 0 Å². The average Bonchev–Trinajstić information content (AvgIpc) is 2.38. The highest BCUT2D eigenvalue weighted by atomic mass is 16.5. The molecule has 0 atom stereocenters. The van der Waals surface area contributed by atoms with E-state index in [2.05, 4.69) is 16.9 Å². The lowest BCUT2D eigenvalue weighted by Crippen LogP contribution is -2.13. The molecule has 0 saturated heterocycles. The van der Waals surface area contributed by atoms with Gasteiger partial charge in [0.1, 0.15) is 11.5 Å². The molecule has 0 saturated carbocycles. The van der Waals surface area contributed by atoms with Crippen LogP contribution in [0.4, 0.5) is 0 Å². The molecule has 1 aromatic rings. The fraction of sp³-hybridized carbons (Fsp3) is 0.615. The van der Waals surface area contributed by atoms with E-state index >= 15 is 0 Å². The van der Waals surface area contributed by atoms with Gasteiger partial charge in [0.15, 0.2) is 0 Å². The number of nitrogen functional groups attached to an aromatic ring is 1. The lowest BCUT2D eigenvalue weighted by Gasteiger charge is -2.05. The molecule has 0 aliphatic heterocycles. The van der Waals surface area contributed by atoms with Gasteiger partial charge in [0, 0.05) is 0 Å². The molecule has 0 aliphatic rings. The molecule has 5 heteroatoms. The van der Waals surface area contributed by atoms with Crippen molar-refractivity contribution in [3.8, 4) is 5.88 Å². The van der Waals surface area contributed by atoms with Gasteiger partial charge >= 0.3 is 0 Å². The fourth-order valence-corrected chi connectivity index (χ4v) is 1.59. The number of hydrogen-bond donors (Lipinski definition) is 2. The van der Waals surface area contributed by atoms with Crippen molar-refractivity contribution >= 4 is 5.84 Å². The van der Waals surface area contributed by atoms with E-state index in [4.69, 9.17) is 15.9 Å². The summed E-state index contributed by atoms with van der Waals surface area (Å²) in [5, 5.41) is 7.19. The number of nitrogens with one attached hydrogen (secondary N) is 1. The van der Waals surface area contributed by atoms with Crippen LogP contribution in [0, 0.1) is 5.41 Å². The van der Waals surface area contributed by atoms with E-state index in [0.29, 0.717) is 18.2 Å². The van der Waals surface area contributed by atoms with Crippen LogP contribution in [-0.4, -0.2) is 22.4 Å². The molecule has 0 spiro atoms. The van der Waals surface area contributed by atoms with E-state index in [1.807, 2.05) is 0 Å². The summed E-state index contributed by atoms with van der Waals surface area (Å²) in [4.78, 5) is 8.02. The summed E-state index contributed by atoms with van der Waals surface area (Å²) in [5.41, 5.74) is 5.66. The summed E-state index contributed by atoms with van der Waals surface area (Å²) in [7, 11) is 0. The Kier molecular flexibility index (Phi) is 6.76. The van der Waals surface area contributed by atoms with Crippen LogP contribution in [0.2, 0.25) is 0 Å². The molecule has 1 heterocycles. The Labute approximate surface area is 108 Å². The van der Waals surface area contributed by atoms with E-state index in [1.54, 1.807) is 0 Å². The molecule has 5 nitrogen and oxygen atoms in total. The number of nitrogens with zero attached hydrogens (tertiary/aromatic N) is 2. The van der Waals surface area contributed by atoms with Gasteiger partial charge in [-0.1, -0.05) is 39.0 Å². The van der Waals surface area contributed by atoms with Gasteiger partial charge in [0.25, 0.3) is 0 Å². The maximum absolute atomic E-state index is 7.19. The summed E-state index contributed by atoms with van der Waals surface area (Å²) >= 11 is 0. The Morgan fingerprint density at radius 1 is 1.17 bits per heavy atom. The number of hydrogen-bond acceptors (Lipinski definition) is 4. The van der Waals surface area contributed by atoms with Crippen molar-refractivity contribution in [3.63, 3.8) is 0 Å². The minimum absolute atomic E-state index is 0.0787. The lowest BCUT2D eigenvalue weighted by atomic mass is 10.1. The molecule has 0 aliphatic carbocycles. The molecular weight excluding hydrogens is 228 g/mol. The molecule has 0 fully saturated rings. The zero-order valence-corrected chi connectivity index (χ0v) is 11.0. The first-order chi connectivity index (χ1) is 8.74. The molecule has 1 aromatic heterocycles. The van der Waals surface area contributed by atoms with Gasteiger partial charge in [-0.3, -0.25) is 5.41 Å². The number of unbranched alkanes of at least 4 members (excludes halogenated alkanes) is 5. The molecule has 0 radical (unpaired) electrons. The van der Waals surface area contributed by atoms with Gasteiger partial charge in [-0.2, -0.15) is 0 Å². The Balaban J connectivity index is 2.14. The number of rotatable bonds is 9. The molecule has 100 valence electrons. The monoisotopic (exact) mass is 250 g/mol. The number of nitrogens with two attached hydrogens (primary N) is 1. The second-order valence-electron chi connectivity index (χ2n) is 4.27. The first kappa shape index (κ1) is 14.4. The van der Waals surface area contributed by atoms with Gasteiger partial charge in [-0.05, 0) is 6.42 Å². The SMILES string of the molecule is CCCCCCCCOc1cnc(C(=N)N)cn1. The summed E-state index contributed by atoms with van der Waals surface area (Å²) < 4.78 is 5.46. The summed E-state index contributed by atoms with van der Waals surface area (Å²) in [6.07, 6.45) is 10.4. The van der Waals surface area contributed by atoms with Gasteiger partial charge in [0.2, 0.25) is 5.88 Å². The number of ether oxygens (including phenoxy) is 1. The maximum atomic E-state index is 7.19. The second kappa shape index (κ2) is 8.44. The quantitative estimate of drug-likeness (QED) is 0.400. The highest BCUT2D eigenvalue weighted by molar-refractivity contribution is 5.92.